The van der Waals surface area contributed by atoms with Crippen molar-refractivity contribution in [3.63, 3.8) is 0 Å². The molecule has 0 bridgehead atoms. The highest BCUT2D eigenvalue weighted by Gasteiger charge is 2.09. The smallest absolute Gasteiger partial charge is 0.257 e. The summed E-state index contributed by atoms with van der Waals surface area (Å²) in [5.74, 6) is 0.585. The van der Waals surface area contributed by atoms with E-state index in [0.29, 0.717) is 18.8 Å². The summed E-state index contributed by atoms with van der Waals surface area (Å²) in [6.07, 6.45) is 2.04. The lowest BCUT2D eigenvalue weighted by molar-refractivity contribution is -0.123. The molecule has 0 saturated heterocycles. The molecular formula is C17H22N2O2. The minimum absolute atomic E-state index is 0.0229. The minimum Gasteiger partial charge on any atom is -0.483 e. The molecule has 112 valence electrons. The Morgan fingerprint density at radius 1 is 1.24 bits per heavy atom. The van der Waals surface area contributed by atoms with Gasteiger partial charge in [-0.2, -0.15) is 0 Å². The van der Waals surface area contributed by atoms with Gasteiger partial charge in [0.2, 0.25) is 0 Å². The number of benzene rings is 2. The maximum atomic E-state index is 11.7. The number of unbranched alkanes of at least 4 members (excludes halogenated alkanes) is 1. The Morgan fingerprint density at radius 2 is 2.05 bits per heavy atom. The molecule has 0 aromatic heterocycles. The summed E-state index contributed by atoms with van der Waals surface area (Å²) in [5, 5.41) is 5.03. The maximum absolute atomic E-state index is 11.7. The van der Waals surface area contributed by atoms with Crippen LogP contribution in [0.5, 0.6) is 5.75 Å². The molecule has 4 heteroatoms. The zero-order chi connectivity index (χ0) is 15.1. The summed E-state index contributed by atoms with van der Waals surface area (Å²) in [4.78, 5) is 11.7. The Kier molecular flexibility index (Phi) is 5.58. The number of hydrogen-bond acceptors (Lipinski definition) is 3. The molecule has 2 aromatic carbocycles. The number of nitrogens with one attached hydrogen (secondary N) is 1. The van der Waals surface area contributed by atoms with Gasteiger partial charge in [0.1, 0.15) is 5.75 Å². The molecule has 0 fully saturated rings. The quantitative estimate of drug-likeness (QED) is 0.769. The molecule has 21 heavy (non-hydrogen) atoms. The molecule has 0 aliphatic heterocycles. The van der Waals surface area contributed by atoms with Gasteiger partial charge in [0, 0.05) is 18.7 Å². The third kappa shape index (κ3) is 3.95. The van der Waals surface area contributed by atoms with Crippen LogP contribution in [0.2, 0.25) is 0 Å². The fourth-order valence-corrected chi connectivity index (χ4v) is 2.26. The second-order valence-electron chi connectivity index (χ2n) is 4.96. The lowest BCUT2D eigenvalue weighted by Crippen LogP contribution is -2.29. The predicted molar refractivity (Wildman–Crippen MR) is 85.3 cm³/mol. The van der Waals surface area contributed by atoms with Gasteiger partial charge in [-0.1, -0.05) is 43.7 Å². The van der Waals surface area contributed by atoms with Crippen LogP contribution < -0.4 is 15.8 Å². The SMILES string of the molecule is CCCCNC(=O)COc1ccc2ccccc2c1CN. The van der Waals surface area contributed by atoms with Gasteiger partial charge in [-0.15, -0.1) is 0 Å². The largest absolute Gasteiger partial charge is 0.483 e. The van der Waals surface area contributed by atoms with E-state index in [-0.39, 0.29) is 12.5 Å². The molecule has 2 aromatic rings. The van der Waals surface area contributed by atoms with Crippen molar-refractivity contribution < 1.29 is 9.53 Å². The number of fused-ring (bicyclic) bond motifs is 1. The van der Waals surface area contributed by atoms with Crippen LogP contribution >= 0.6 is 0 Å². The minimum atomic E-state index is -0.0976. The van der Waals surface area contributed by atoms with Crippen molar-refractivity contribution in [2.24, 2.45) is 5.73 Å². The molecular weight excluding hydrogens is 264 g/mol. The van der Waals surface area contributed by atoms with Gasteiger partial charge in [-0.3, -0.25) is 4.79 Å². The highest BCUT2D eigenvalue weighted by Crippen LogP contribution is 2.27. The number of carbonyl (C=O) groups is 1. The molecule has 0 unspecified atom stereocenters. The molecule has 0 atom stereocenters. The van der Waals surface area contributed by atoms with Crippen LogP contribution in [0.4, 0.5) is 0 Å². The molecule has 0 radical (unpaired) electrons. The summed E-state index contributed by atoms with van der Waals surface area (Å²) in [6, 6.07) is 11.9. The molecule has 0 aliphatic rings. The number of hydrogen-bond donors (Lipinski definition) is 2. The number of amides is 1. The Balaban J connectivity index is 2.06. The van der Waals surface area contributed by atoms with Crippen LogP contribution in [0, 0.1) is 0 Å². The number of ether oxygens (including phenoxy) is 1. The first kappa shape index (κ1) is 15.3. The van der Waals surface area contributed by atoms with E-state index in [1.807, 2.05) is 36.4 Å². The van der Waals surface area contributed by atoms with E-state index in [1.54, 1.807) is 0 Å². The van der Waals surface area contributed by atoms with E-state index < -0.39 is 0 Å². The summed E-state index contributed by atoms with van der Waals surface area (Å²) < 4.78 is 5.64. The van der Waals surface area contributed by atoms with Gasteiger partial charge >= 0.3 is 0 Å². The Hall–Kier alpha value is -2.07. The van der Waals surface area contributed by atoms with Crippen LogP contribution in [-0.2, 0) is 11.3 Å². The lowest BCUT2D eigenvalue weighted by atomic mass is 10.0. The normalized spacial score (nSPS) is 10.6. The summed E-state index contributed by atoms with van der Waals surface area (Å²) in [7, 11) is 0. The van der Waals surface area contributed by atoms with Crippen LogP contribution in [0.1, 0.15) is 25.3 Å². The lowest BCUT2D eigenvalue weighted by Gasteiger charge is -2.13. The third-order valence-corrected chi connectivity index (χ3v) is 3.41. The standard InChI is InChI=1S/C17H22N2O2/c1-2-3-10-19-17(20)12-21-16-9-8-13-6-4-5-7-14(13)15(16)11-18/h4-9H,2-3,10-12,18H2,1H3,(H,19,20). The van der Waals surface area contributed by atoms with E-state index in [1.165, 1.54) is 0 Å². The second kappa shape index (κ2) is 7.64. The van der Waals surface area contributed by atoms with E-state index >= 15 is 0 Å². The van der Waals surface area contributed by atoms with Crippen molar-refractivity contribution in [1.82, 2.24) is 5.32 Å². The number of nitrogens with two attached hydrogens (primary N) is 1. The summed E-state index contributed by atoms with van der Waals surface area (Å²) in [6.45, 7) is 3.19. The van der Waals surface area contributed by atoms with Crippen molar-refractivity contribution in [2.45, 2.75) is 26.3 Å². The van der Waals surface area contributed by atoms with Crippen molar-refractivity contribution >= 4 is 16.7 Å². The monoisotopic (exact) mass is 286 g/mol. The average Bonchev–Trinajstić information content (AvgIpc) is 2.52. The zero-order valence-electron chi connectivity index (χ0n) is 12.4. The van der Waals surface area contributed by atoms with Gasteiger partial charge in [0.15, 0.2) is 6.61 Å². The van der Waals surface area contributed by atoms with Crippen LogP contribution in [0.25, 0.3) is 10.8 Å². The van der Waals surface area contributed by atoms with Gasteiger partial charge in [-0.25, -0.2) is 0 Å². The first-order valence-electron chi connectivity index (χ1n) is 7.36. The zero-order valence-corrected chi connectivity index (χ0v) is 12.4. The Bertz CT molecular complexity index is 611. The highest BCUT2D eigenvalue weighted by molar-refractivity contribution is 5.88. The Labute approximate surface area is 125 Å². The van der Waals surface area contributed by atoms with Crippen molar-refractivity contribution in [2.75, 3.05) is 13.2 Å². The molecule has 0 aliphatic carbocycles. The second-order valence-corrected chi connectivity index (χ2v) is 4.96. The van der Waals surface area contributed by atoms with Gasteiger partial charge in [0.05, 0.1) is 0 Å². The van der Waals surface area contributed by atoms with Gasteiger partial charge in [0.25, 0.3) is 5.91 Å². The summed E-state index contributed by atoms with van der Waals surface area (Å²) >= 11 is 0. The van der Waals surface area contributed by atoms with E-state index in [2.05, 4.69) is 12.2 Å². The van der Waals surface area contributed by atoms with E-state index in [9.17, 15) is 4.79 Å². The summed E-state index contributed by atoms with van der Waals surface area (Å²) in [5.41, 5.74) is 6.78. The van der Waals surface area contributed by atoms with Crippen LogP contribution in [0.3, 0.4) is 0 Å². The molecule has 0 saturated carbocycles. The van der Waals surface area contributed by atoms with Crippen molar-refractivity contribution in [1.29, 1.82) is 0 Å². The average molecular weight is 286 g/mol. The van der Waals surface area contributed by atoms with E-state index in [0.717, 1.165) is 29.2 Å². The Morgan fingerprint density at radius 3 is 2.81 bits per heavy atom. The molecule has 0 spiro atoms. The first-order chi connectivity index (χ1) is 10.3. The van der Waals surface area contributed by atoms with Crippen molar-refractivity contribution in [3.05, 3.63) is 42.0 Å². The number of rotatable bonds is 7. The van der Waals surface area contributed by atoms with Crippen LogP contribution in [-0.4, -0.2) is 19.1 Å². The topological polar surface area (TPSA) is 64.3 Å². The van der Waals surface area contributed by atoms with Crippen molar-refractivity contribution in [3.8, 4) is 5.75 Å². The molecule has 3 N–H and O–H groups in total. The molecule has 0 heterocycles. The molecule has 2 rings (SSSR count). The third-order valence-electron chi connectivity index (χ3n) is 3.41. The van der Waals surface area contributed by atoms with E-state index in [4.69, 9.17) is 10.5 Å². The number of carbonyl (C=O) groups excluding carboxylic acids is 1. The highest BCUT2D eigenvalue weighted by atomic mass is 16.5. The molecule has 1 amide bonds. The first-order valence-corrected chi connectivity index (χ1v) is 7.36. The van der Waals surface area contributed by atoms with Gasteiger partial charge < -0.3 is 15.8 Å². The molecule has 4 nitrogen and oxygen atoms in total. The fourth-order valence-electron chi connectivity index (χ4n) is 2.26. The predicted octanol–water partition coefficient (Wildman–Crippen LogP) is 2.59. The van der Waals surface area contributed by atoms with Gasteiger partial charge in [-0.05, 0) is 23.3 Å². The van der Waals surface area contributed by atoms with Crippen LogP contribution in [0.15, 0.2) is 36.4 Å². The maximum Gasteiger partial charge on any atom is 0.257 e. The fraction of sp³-hybridized carbons (Fsp3) is 0.353.